The van der Waals surface area contributed by atoms with Crippen LogP contribution in [0, 0.1) is 14.9 Å². The molecule has 74 valence electrons. The maximum absolute atomic E-state index is 12.0. The molecule has 0 radical (unpaired) electrons. The largest absolute Gasteiger partial charge is 0.393 e. The van der Waals surface area contributed by atoms with Crippen LogP contribution in [0.25, 0.3) is 0 Å². The Morgan fingerprint density at radius 3 is 2.50 bits per heavy atom. The van der Waals surface area contributed by atoms with Gasteiger partial charge in [-0.3, -0.25) is 0 Å². The summed E-state index contributed by atoms with van der Waals surface area (Å²) in [5, 5.41) is 8.62. The third-order valence-electron chi connectivity index (χ3n) is 1.58. The highest BCUT2D eigenvalue weighted by atomic mass is 127. The number of nitrogens with zero attached hydrogens (tertiary/aromatic N) is 1. The average Bonchev–Trinajstić information content (AvgIpc) is 2.06. The van der Waals surface area contributed by atoms with E-state index in [4.69, 9.17) is 5.26 Å². The summed E-state index contributed by atoms with van der Waals surface area (Å²) >= 11 is 1.95. The molecule has 0 fully saturated rings. The molecule has 5 heteroatoms. The molecule has 1 aromatic carbocycles. The lowest BCUT2D eigenvalue weighted by Crippen LogP contribution is -2.12. The average molecular weight is 311 g/mol. The molecular weight excluding hydrogens is 306 g/mol. The van der Waals surface area contributed by atoms with Crippen LogP contribution in [0.4, 0.5) is 13.2 Å². The van der Waals surface area contributed by atoms with Crippen molar-refractivity contribution in [3.63, 3.8) is 0 Å². The highest BCUT2D eigenvalue weighted by molar-refractivity contribution is 14.1. The first kappa shape index (κ1) is 11.3. The molecule has 0 spiro atoms. The van der Waals surface area contributed by atoms with E-state index < -0.39 is 12.6 Å². The molecule has 0 N–H and O–H groups in total. The quantitative estimate of drug-likeness (QED) is 0.730. The monoisotopic (exact) mass is 311 g/mol. The molecule has 0 heterocycles. The minimum atomic E-state index is -4.27. The second-order valence-corrected chi connectivity index (χ2v) is 3.95. The topological polar surface area (TPSA) is 23.8 Å². The normalized spacial score (nSPS) is 11.1. The lowest BCUT2D eigenvalue weighted by molar-refractivity contribution is -0.127. The van der Waals surface area contributed by atoms with E-state index >= 15 is 0 Å². The molecule has 14 heavy (non-hydrogen) atoms. The smallest absolute Gasteiger partial charge is 0.192 e. The predicted molar refractivity (Wildman–Crippen MR) is 53.6 cm³/mol. The van der Waals surface area contributed by atoms with Crippen molar-refractivity contribution in [3.8, 4) is 6.07 Å². The van der Waals surface area contributed by atoms with Gasteiger partial charge in [0, 0.05) is 3.57 Å². The standard InChI is InChI=1S/C9H5F3IN/c10-9(11,12)4-6-1-2-8(13)3-7(6)5-14/h1-3H,4H2. The zero-order valence-corrected chi connectivity index (χ0v) is 9.06. The van der Waals surface area contributed by atoms with Gasteiger partial charge in [-0.15, -0.1) is 0 Å². The highest BCUT2D eigenvalue weighted by Crippen LogP contribution is 2.24. The van der Waals surface area contributed by atoms with Crippen LogP contribution in [0.1, 0.15) is 11.1 Å². The molecule has 0 amide bonds. The number of halogens is 4. The molecule has 0 aliphatic heterocycles. The van der Waals surface area contributed by atoms with Gasteiger partial charge in [-0.05, 0) is 40.3 Å². The van der Waals surface area contributed by atoms with Gasteiger partial charge in [-0.1, -0.05) is 6.07 Å². The van der Waals surface area contributed by atoms with E-state index in [0.717, 1.165) is 3.57 Å². The Balaban J connectivity index is 3.05. The summed E-state index contributed by atoms with van der Waals surface area (Å²) in [4.78, 5) is 0. The molecule has 1 rings (SSSR count). The Kier molecular flexibility index (Phi) is 3.37. The molecule has 0 unspecified atom stereocenters. The fraction of sp³-hybridized carbons (Fsp3) is 0.222. The number of nitriles is 1. The molecular formula is C9H5F3IN. The van der Waals surface area contributed by atoms with Crippen LogP contribution in [0.15, 0.2) is 18.2 Å². The van der Waals surface area contributed by atoms with E-state index in [0.29, 0.717) is 0 Å². The zero-order valence-electron chi connectivity index (χ0n) is 6.90. The summed E-state index contributed by atoms with van der Waals surface area (Å²) in [7, 11) is 0. The summed E-state index contributed by atoms with van der Waals surface area (Å²) < 4.78 is 36.9. The Hall–Kier alpha value is -0.770. The van der Waals surface area contributed by atoms with Gasteiger partial charge in [0.15, 0.2) is 0 Å². The molecule has 0 atom stereocenters. The molecule has 0 aliphatic carbocycles. The van der Waals surface area contributed by atoms with Crippen LogP contribution in [0.2, 0.25) is 0 Å². The fourth-order valence-corrected chi connectivity index (χ4v) is 1.51. The van der Waals surface area contributed by atoms with Crippen molar-refractivity contribution in [1.29, 1.82) is 5.26 Å². The van der Waals surface area contributed by atoms with Crippen molar-refractivity contribution in [2.24, 2.45) is 0 Å². The van der Waals surface area contributed by atoms with Crippen molar-refractivity contribution in [3.05, 3.63) is 32.9 Å². The van der Waals surface area contributed by atoms with Crippen molar-refractivity contribution in [2.45, 2.75) is 12.6 Å². The van der Waals surface area contributed by atoms with Crippen molar-refractivity contribution in [1.82, 2.24) is 0 Å². The van der Waals surface area contributed by atoms with E-state index in [1.54, 1.807) is 12.1 Å². The lowest BCUT2D eigenvalue weighted by atomic mass is 10.1. The van der Waals surface area contributed by atoms with Gasteiger partial charge in [-0.25, -0.2) is 0 Å². The zero-order chi connectivity index (χ0) is 10.8. The van der Waals surface area contributed by atoms with Crippen LogP contribution in [-0.2, 0) is 6.42 Å². The fourth-order valence-electron chi connectivity index (χ4n) is 1.02. The third-order valence-corrected chi connectivity index (χ3v) is 2.25. The second-order valence-electron chi connectivity index (χ2n) is 2.71. The number of benzene rings is 1. The van der Waals surface area contributed by atoms with Gasteiger partial charge in [0.2, 0.25) is 0 Å². The van der Waals surface area contributed by atoms with Crippen molar-refractivity contribution >= 4 is 22.6 Å². The number of hydrogen-bond donors (Lipinski definition) is 0. The molecule has 0 aromatic heterocycles. The first-order valence-electron chi connectivity index (χ1n) is 3.67. The van der Waals surface area contributed by atoms with Gasteiger partial charge < -0.3 is 0 Å². The second kappa shape index (κ2) is 4.17. The molecule has 0 bridgehead atoms. The lowest BCUT2D eigenvalue weighted by Gasteiger charge is -2.07. The van der Waals surface area contributed by atoms with Crippen LogP contribution < -0.4 is 0 Å². The summed E-state index contributed by atoms with van der Waals surface area (Å²) in [6.45, 7) is 0. The van der Waals surface area contributed by atoms with E-state index in [9.17, 15) is 13.2 Å². The predicted octanol–water partition coefficient (Wildman–Crippen LogP) is 3.27. The third kappa shape index (κ3) is 3.18. The van der Waals surface area contributed by atoms with Crippen LogP contribution >= 0.6 is 22.6 Å². The van der Waals surface area contributed by atoms with Crippen LogP contribution in [-0.4, -0.2) is 6.18 Å². The van der Waals surface area contributed by atoms with Gasteiger partial charge in [0.05, 0.1) is 18.1 Å². The minimum absolute atomic E-state index is 0.0282. The van der Waals surface area contributed by atoms with E-state index in [1.165, 1.54) is 12.1 Å². The summed E-state index contributed by atoms with van der Waals surface area (Å²) in [6, 6.07) is 6.10. The Morgan fingerprint density at radius 1 is 1.36 bits per heavy atom. The Bertz CT molecular complexity index is 379. The molecule has 1 nitrogen and oxygen atoms in total. The summed E-state index contributed by atoms with van der Waals surface area (Å²) in [5.41, 5.74) is 0.120. The van der Waals surface area contributed by atoms with Gasteiger partial charge in [0.25, 0.3) is 0 Å². The minimum Gasteiger partial charge on any atom is -0.192 e. The van der Waals surface area contributed by atoms with Gasteiger partial charge >= 0.3 is 6.18 Å². The first-order chi connectivity index (χ1) is 6.42. The van der Waals surface area contributed by atoms with Gasteiger partial charge in [-0.2, -0.15) is 18.4 Å². The number of hydrogen-bond acceptors (Lipinski definition) is 1. The van der Waals surface area contributed by atoms with Crippen LogP contribution in [0.5, 0.6) is 0 Å². The molecule has 0 saturated heterocycles. The van der Waals surface area contributed by atoms with Crippen molar-refractivity contribution < 1.29 is 13.2 Å². The Labute approximate surface area is 92.7 Å². The van der Waals surface area contributed by atoms with Crippen LogP contribution in [0.3, 0.4) is 0 Å². The van der Waals surface area contributed by atoms with Gasteiger partial charge in [0.1, 0.15) is 0 Å². The van der Waals surface area contributed by atoms with Crippen molar-refractivity contribution in [2.75, 3.05) is 0 Å². The molecule has 0 saturated carbocycles. The number of alkyl halides is 3. The molecule has 0 aliphatic rings. The van der Waals surface area contributed by atoms with E-state index in [1.807, 2.05) is 22.6 Å². The SMILES string of the molecule is N#Cc1cc(I)ccc1CC(F)(F)F. The maximum atomic E-state index is 12.0. The Morgan fingerprint density at radius 2 is 2.00 bits per heavy atom. The van der Waals surface area contributed by atoms with E-state index in [-0.39, 0.29) is 11.1 Å². The first-order valence-corrected chi connectivity index (χ1v) is 4.75. The van der Waals surface area contributed by atoms with E-state index in [2.05, 4.69) is 0 Å². The maximum Gasteiger partial charge on any atom is 0.393 e. The molecule has 1 aromatic rings. The summed E-state index contributed by atoms with van der Waals surface area (Å²) in [6.07, 6.45) is -5.31. The highest BCUT2D eigenvalue weighted by Gasteiger charge is 2.28. The number of rotatable bonds is 1. The summed E-state index contributed by atoms with van der Waals surface area (Å²) in [5.74, 6) is 0.